The zero-order valence-electron chi connectivity index (χ0n) is 19.9. The van der Waals surface area contributed by atoms with Crippen molar-refractivity contribution in [2.75, 3.05) is 18.0 Å². The van der Waals surface area contributed by atoms with Crippen LogP contribution in [0.15, 0.2) is 71.7 Å². The van der Waals surface area contributed by atoms with Crippen LogP contribution in [0, 0.1) is 0 Å². The fourth-order valence-corrected chi connectivity index (χ4v) is 7.18. The molecule has 1 aromatic carbocycles. The fraction of sp³-hybridized carbons (Fsp3) is 0.259. The second-order valence-electron chi connectivity index (χ2n) is 9.21. The van der Waals surface area contributed by atoms with Crippen molar-refractivity contribution in [3.8, 4) is 10.4 Å². The van der Waals surface area contributed by atoms with Gasteiger partial charge < -0.3 is 15.5 Å². The molecule has 6 rings (SSSR count). The lowest BCUT2D eigenvalue weighted by molar-refractivity contribution is -0.129. The van der Waals surface area contributed by atoms with Gasteiger partial charge in [0.25, 0.3) is 0 Å². The Morgan fingerprint density at radius 3 is 2.78 bits per heavy atom. The van der Waals surface area contributed by atoms with Crippen molar-refractivity contribution in [3.05, 3.63) is 72.3 Å². The Balaban J connectivity index is 1.23. The van der Waals surface area contributed by atoms with Crippen LogP contribution in [0.25, 0.3) is 10.4 Å². The third-order valence-electron chi connectivity index (χ3n) is 6.95. The van der Waals surface area contributed by atoms with Crippen LogP contribution in [-0.4, -0.2) is 52.1 Å². The van der Waals surface area contributed by atoms with Crippen molar-refractivity contribution in [1.29, 1.82) is 0 Å². The molecule has 2 unspecified atom stereocenters. The summed E-state index contributed by atoms with van der Waals surface area (Å²) in [6.45, 7) is 4.68. The van der Waals surface area contributed by atoms with E-state index in [-0.39, 0.29) is 23.9 Å². The van der Waals surface area contributed by atoms with Crippen LogP contribution in [0.1, 0.15) is 24.4 Å². The van der Waals surface area contributed by atoms with Crippen LogP contribution in [0.4, 0.5) is 16.2 Å². The SMILES string of the molecule is C=CC(=O)N1CCCC(NC(=O)[C@@H]2Sc3nccc4c3C2NC(=O)N4c2ccc(-c3cccs3)cc2)C1. The molecule has 10 heteroatoms. The van der Waals surface area contributed by atoms with Crippen molar-refractivity contribution in [1.82, 2.24) is 20.5 Å². The summed E-state index contributed by atoms with van der Waals surface area (Å²) in [5.41, 5.74) is 3.45. The first-order chi connectivity index (χ1) is 18.0. The summed E-state index contributed by atoms with van der Waals surface area (Å²) in [5.74, 6) is -0.288. The Bertz CT molecular complexity index is 1380. The van der Waals surface area contributed by atoms with Gasteiger partial charge in [0.1, 0.15) is 10.3 Å². The van der Waals surface area contributed by atoms with Gasteiger partial charge in [-0.2, -0.15) is 0 Å². The van der Waals surface area contributed by atoms with Crippen molar-refractivity contribution in [3.63, 3.8) is 0 Å². The van der Waals surface area contributed by atoms with Crippen LogP contribution in [-0.2, 0) is 9.59 Å². The zero-order valence-corrected chi connectivity index (χ0v) is 21.6. The highest BCUT2D eigenvalue weighted by Gasteiger charge is 2.47. The molecule has 4 amide bonds. The van der Waals surface area contributed by atoms with Gasteiger partial charge >= 0.3 is 6.03 Å². The molecule has 0 saturated carbocycles. The largest absolute Gasteiger partial charge is 0.351 e. The van der Waals surface area contributed by atoms with Gasteiger partial charge in [-0.25, -0.2) is 9.78 Å². The molecule has 0 aliphatic carbocycles. The lowest BCUT2D eigenvalue weighted by Gasteiger charge is -2.35. The predicted molar refractivity (Wildman–Crippen MR) is 145 cm³/mol. The molecule has 2 aromatic heterocycles. The number of anilines is 2. The third kappa shape index (κ3) is 4.30. The molecule has 3 atom stereocenters. The normalized spacial score (nSPS) is 22.3. The monoisotopic (exact) mass is 531 g/mol. The number of pyridine rings is 1. The van der Waals surface area contributed by atoms with Crippen LogP contribution in [0.3, 0.4) is 0 Å². The number of piperidine rings is 1. The fourth-order valence-electron chi connectivity index (χ4n) is 5.21. The molecule has 37 heavy (non-hydrogen) atoms. The van der Waals surface area contributed by atoms with Crippen molar-refractivity contribution in [2.24, 2.45) is 0 Å². The number of likely N-dealkylation sites (tertiary alicyclic amines) is 1. The third-order valence-corrected chi connectivity index (χ3v) is 9.16. The molecule has 188 valence electrons. The summed E-state index contributed by atoms with van der Waals surface area (Å²) in [6, 6.07) is 12.9. The van der Waals surface area contributed by atoms with Crippen molar-refractivity contribution < 1.29 is 14.4 Å². The number of benzene rings is 1. The molecule has 0 bridgehead atoms. The molecule has 3 aromatic rings. The second-order valence-corrected chi connectivity index (χ2v) is 11.3. The molecule has 1 saturated heterocycles. The number of nitrogens with zero attached hydrogens (tertiary/aromatic N) is 3. The van der Waals surface area contributed by atoms with E-state index in [0.717, 1.165) is 40.4 Å². The van der Waals surface area contributed by atoms with E-state index in [4.69, 9.17) is 0 Å². The summed E-state index contributed by atoms with van der Waals surface area (Å²) in [7, 11) is 0. The molecule has 5 heterocycles. The Morgan fingerprint density at radius 1 is 1.19 bits per heavy atom. The number of carbonyl (C=O) groups is 3. The molecular weight excluding hydrogens is 506 g/mol. The van der Waals surface area contributed by atoms with Crippen LogP contribution in [0.2, 0.25) is 0 Å². The number of hydrogen-bond acceptors (Lipinski definition) is 6. The van der Waals surface area contributed by atoms with Gasteiger partial charge in [-0.1, -0.05) is 36.5 Å². The smallest absolute Gasteiger partial charge is 0.327 e. The Hall–Kier alpha value is -3.63. The van der Waals surface area contributed by atoms with Crippen molar-refractivity contribution in [2.45, 2.75) is 35.2 Å². The number of hydrogen-bond donors (Lipinski definition) is 2. The van der Waals surface area contributed by atoms with E-state index in [9.17, 15) is 14.4 Å². The van der Waals surface area contributed by atoms with Gasteiger partial charge in [0.15, 0.2) is 0 Å². The quantitative estimate of drug-likeness (QED) is 0.474. The Labute approximate surface area is 222 Å². The molecule has 3 aliphatic rings. The van der Waals surface area contributed by atoms with E-state index in [1.54, 1.807) is 27.3 Å². The van der Waals surface area contributed by atoms with Gasteiger partial charge in [-0.15, -0.1) is 11.3 Å². The number of nitrogens with one attached hydrogen (secondary N) is 2. The maximum Gasteiger partial charge on any atom is 0.327 e. The molecule has 1 fully saturated rings. The molecule has 8 nitrogen and oxygen atoms in total. The zero-order chi connectivity index (χ0) is 25.5. The first-order valence-electron chi connectivity index (χ1n) is 12.2. The lowest BCUT2D eigenvalue weighted by atomic mass is 9.99. The number of aromatic nitrogens is 1. The number of carbonyl (C=O) groups excluding carboxylic acids is 3. The van der Waals surface area contributed by atoms with Gasteiger partial charge in [-0.05, 0) is 54.1 Å². The predicted octanol–water partition coefficient (Wildman–Crippen LogP) is 4.48. The minimum absolute atomic E-state index is 0.126. The topological polar surface area (TPSA) is 94.6 Å². The Kier molecular flexibility index (Phi) is 6.21. The molecule has 3 aliphatic heterocycles. The number of thiophene rings is 1. The summed E-state index contributed by atoms with van der Waals surface area (Å²) in [4.78, 5) is 47.9. The van der Waals surface area contributed by atoms with E-state index >= 15 is 0 Å². The summed E-state index contributed by atoms with van der Waals surface area (Å²) >= 11 is 3.04. The van der Waals surface area contributed by atoms with E-state index in [0.29, 0.717) is 13.1 Å². The van der Waals surface area contributed by atoms with Crippen molar-refractivity contribution >= 4 is 52.3 Å². The molecular formula is C27H25N5O3S2. The van der Waals surface area contributed by atoms with Crippen LogP contribution >= 0.6 is 23.1 Å². The first kappa shape index (κ1) is 23.7. The average molecular weight is 532 g/mol. The van der Waals surface area contributed by atoms with E-state index in [1.165, 1.54) is 22.7 Å². The maximum absolute atomic E-state index is 13.4. The maximum atomic E-state index is 13.4. The Morgan fingerprint density at radius 2 is 2.03 bits per heavy atom. The minimum atomic E-state index is -0.540. The van der Waals surface area contributed by atoms with Gasteiger partial charge in [-0.3, -0.25) is 14.5 Å². The van der Waals surface area contributed by atoms with E-state index in [2.05, 4.69) is 28.3 Å². The molecule has 2 N–H and O–H groups in total. The highest BCUT2D eigenvalue weighted by Crippen LogP contribution is 2.50. The summed E-state index contributed by atoms with van der Waals surface area (Å²) < 4.78 is 0. The van der Waals surface area contributed by atoms with Crippen LogP contribution < -0.4 is 15.5 Å². The highest BCUT2D eigenvalue weighted by atomic mass is 32.2. The van der Waals surface area contributed by atoms with E-state index < -0.39 is 11.3 Å². The first-order valence-corrected chi connectivity index (χ1v) is 13.9. The van der Waals surface area contributed by atoms with Gasteiger partial charge in [0, 0.05) is 35.8 Å². The highest BCUT2D eigenvalue weighted by molar-refractivity contribution is 8.01. The second kappa shape index (κ2) is 9.68. The standard InChI is InChI=1S/C27H25N5O3S2/c1-2-21(33)31-13-3-5-17(15-31)29-25(34)24-23-22-19(11-12-28-26(22)37-24)32(27(35)30-23)18-9-7-16(8-10-18)20-6-4-14-36-20/h2,4,6-12,14,17,23-24H,1,3,5,13,15H2,(H,29,34)(H,30,35)/t17?,23?,24-/m1/s1. The number of amides is 4. The minimum Gasteiger partial charge on any atom is -0.351 e. The van der Waals surface area contributed by atoms with E-state index in [1.807, 2.05) is 41.8 Å². The number of thioether (sulfide) groups is 1. The number of rotatable bonds is 5. The molecule has 0 radical (unpaired) electrons. The summed E-state index contributed by atoms with van der Waals surface area (Å²) in [6.07, 6.45) is 4.60. The number of urea groups is 1. The van der Waals surface area contributed by atoms with Gasteiger partial charge in [0.05, 0.1) is 17.4 Å². The summed E-state index contributed by atoms with van der Waals surface area (Å²) in [5, 5.41) is 8.41. The van der Waals surface area contributed by atoms with Crippen LogP contribution in [0.5, 0.6) is 0 Å². The lowest BCUT2D eigenvalue weighted by Crippen LogP contribution is -2.53. The van der Waals surface area contributed by atoms with Gasteiger partial charge in [0.2, 0.25) is 11.8 Å². The molecule has 0 spiro atoms. The average Bonchev–Trinajstić information content (AvgIpc) is 3.58.